The van der Waals surface area contributed by atoms with Gasteiger partial charge in [-0.25, -0.2) is 4.79 Å². The molecule has 1 amide bonds. The van der Waals surface area contributed by atoms with E-state index in [-0.39, 0.29) is 11.1 Å². The Kier molecular flexibility index (Phi) is 5.13. The SMILES string of the molecule is N#C/C(=C\c1ccc(C(=O)O)cc1)C(=O)Nc1ccc(Cl)cc1. The summed E-state index contributed by atoms with van der Waals surface area (Å²) < 4.78 is 0. The predicted molar refractivity (Wildman–Crippen MR) is 87.1 cm³/mol. The maximum absolute atomic E-state index is 12.1. The molecule has 5 nitrogen and oxygen atoms in total. The van der Waals surface area contributed by atoms with Gasteiger partial charge in [-0.05, 0) is 48.0 Å². The molecule has 0 unspecified atom stereocenters. The first kappa shape index (κ1) is 16.3. The summed E-state index contributed by atoms with van der Waals surface area (Å²) in [6.07, 6.45) is 1.39. The zero-order valence-corrected chi connectivity index (χ0v) is 12.5. The summed E-state index contributed by atoms with van der Waals surface area (Å²) in [5.74, 6) is -1.60. The van der Waals surface area contributed by atoms with Crippen molar-refractivity contribution in [1.29, 1.82) is 5.26 Å². The molecule has 0 fully saturated rings. The van der Waals surface area contributed by atoms with Gasteiger partial charge in [0.1, 0.15) is 11.6 Å². The van der Waals surface area contributed by atoms with Gasteiger partial charge >= 0.3 is 5.97 Å². The molecule has 0 spiro atoms. The van der Waals surface area contributed by atoms with Crippen molar-refractivity contribution in [2.75, 3.05) is 5.32 Å². The van der Waals surface area contributed by atoms with E-state index in [0.29, 0.717) is 16.3 Å². The van der Waals surface area contributed by atoms with Crippen molar-refractivity contribution in [2.45, 2.75) is 0 Å². The number of rotatable bonds is 4. The van der Waals surface area contributed by atoms with E-state index in [9.17, 15) is 9.59 Å². The lowest BCUT2D eigenvalue weighted by molar-refractivity contribution is -0.112. The maximum Gasteiger partial charge on any atom is 0.335 e. The molecule has 0 radical (unpaired) electrons. The van der Waals surface area contributed by atoms with E-state index in [2.05, 4.69) is 5.32 Å². The summed E-state index contributed by atoms with van der Waals surface area (Å²) in [6, 6.07) is 14.2. The Hall–Kier alpha value is -3.10. The van der Waals surface area contributed by atoms with E-state index < -0.39 is 11.9 Å². The Morgan fingerprint density at radius 3 is 2.22 bits per heavy atom. The normalized spacial score (nSPS) is 10.7. The molecular weight excluding hydrogens is 316 g/mol. The highest BCUT2D eigenvalue weighted by atomic mass is 35.5. The van der Waals surface area contributed by atoms with Crippen molar-refractivity contribution in [3.63, 3.8) is 0 Å². The lowest BCUT2D eigenvalue weighted by Gasteiger charge is -2.04. The monoisotopic (exact) mass is 326 g/mol. The number of hydrogen-bond donors (Lipinski definition) is 2. The van der Waals surface area contributed by atoms with E-state index in [1.165, 1.54) is 30.3 Å². The van der Waals surface area contributed by atoms with Gasteiger partial charge < -0.3 is 10.4 Å². The summed E-state index contributed by atoms with van der Waals surface area (Å²) >= 11 is 5.76. The van der Waals surface area contributed by atoms with E-state index in [1.807, 2.05) is 6.07 Å². The second-order valence-corrected chi connectivity index (χ2v) is 4.99. The zero-order valence-electron chi connectivity index (χ0n) is 11.8. The molecular formula is C17H11ClN2O3. The van der Waals surface area contributed by atoms with Crippen LogP contribution in [0.2, 0.25) is 5.02 Å². The zero-order chi connectivity index (χ0) is 16.8. The Morgan fingerprint density at radius 1 is 1.09 bits per heavy atom. The molecule has 2 aromatic carbocycles. The van der Waals surface area contributed by atoms with Crippen LogP contribution in [0.3, 0.4) is 0 Å². The Bertz CT molecular complexity index is 803. The van der Waals surface area contributed by atoms with Crippen LogP contribution >= 0.6 is 11.6 Å². The first-order valence-electron chi connectivity index (χ1n) is 6.51. The second kappa shape index (κ2) is 7.25. The number of nitrogens with one attached hydrogen (secondary N) is 1. The molecule has 0 aliphatic carbocycles. The van der Waals surface area contributed by atoms with Crippen LogP contribution in [0, 0.1) is 11.3 Å². The van der Waals surface area contributed by atoms with Crippen molar-refractivity contribution < 1.29 is 14.7 Å². The number of carboxylic acids is 1. The van der Waals surface area contributed by atoms with Gasteiger partial charge in [0.25, 0.3) is 5.91 Å². The van der Waals surface area contributed by atoms with E-state index in [4.69, 9.17) is 22.0 Å². The number of hydrogen-bond acceptors (Lipinski definition) is 3. The summed E-state index contributed by atoms with van der Waals surface area (Å²) in [5.41, 5.74) is 1.11. The third-order valence-electron chi connectivity index (χ3n) is 2.94. The van der Waals surface area contributed by atoms with Gasteiger partial charge in [-0.1, -0.05) is 23.7 Å². The van der Waals surface area contributed by atoms with Crippen LogP contribution < -0.4 is 5.32 Å². The average Bonchev–Trinajstić information content (AvgIpc) is 2.55. The Balaban J connectivity index is 2.17. The van der Waals surface area contributed by atoms with Gasteiger partial charge in [-0.3, -0.25) is 4.79 Å². The number of halogens is 1. The van der Waals surface area contributed by atoms with Gasteiger partial charge in [0.05, 0.1) is 5.56 Å². The third kappa shape index (κ3) is 4.43. The fourth-order valence-corrected chi connectivity index (χ4v) is 1.89. The maximum atomic E-state index is 12.1. The molecule has 2 aromatic rings. The lowest BCUT2D eigenvalue weighted by atomic mass is 10.1. The van der Waals surface area contributed by atoms with Crippen molar-refractivity contribution in [1.82, 2.24) is 0 Å². The highest BCUT2D eigenvalue weighted by Crippen LogP contribution is 2.15. The Morgan fingerprint density at radius 2 is 1.70 bits per heavy atom. The summed E-state index contributed by atoms with van der Waals surface area (Å²) in [5, 5.41) is 21.1. The predicted octanol–water partition coefficient (Wildman–Crippen LogP) is 3.58. The van der Waals surface area contributed by atoms with Gasteiger partial charge in [0, 0.05) is 10.7 Å². The first-order chi connectivity index (χ1) is 11.0. The van der Waals surface area contributed by atoms with Crippen LogP contribution in [0.25, 0.3) is 6.08 Å². The first-order valence-corrected chi connectivity index (χ1v) is 6.89. The van der Waals surface area contributed by atoms with Crippen molar-refractivity contribution >= 4 is 35.2 Å². The fraction of sp³-hybridized carbons (Fsp3) is 0. The minimum Gasteiger partial charge on any atom is -0.478 e. The standard InChI is InChI=1S/C17H11ClN2O3/c18-14-5-7-15(8-6-14)20-16(21)13(10-19)9-11-1-3-12(4-2-11)17(22)23/h1-9H,(H,20,21)(H,22,23)/b13-9+. The van der Waals surface area contributed by atoms with Crippen molar-refractivity contribution in [2.24, 2.45) is 0 Å². The van der Waals surface area contributed by atoms with Crippen LogP contribution in [-0.2, 0) is 4.79 Å². The molecule has 0 saturated heterocycles. The third-order valence-corrected chi connectivity index (χ3v) is 3.19. The number of nitrogens with zero attached hydrogens (tertiary/aromatic N) is 1. The number of carbonyl (C=O) groups is 2. The number of carbonyl (C=O) groups excluding carboxylic acids is 1. The smallest absolute Gasteiger partial charge is 0.335 e. The van der Waals surface area contributed by atoms with Crippen LogP contribution in [0.5, 0.6) is 0 Å². The van der Waals surface area contributed by atoms with E-state index in [1.54, 1.807) is 24.3 Å². The van der Waals surface area contributed by atoms with Gasteiger partial charge in [0.15, 0.2) is 0 Å². The molecule has 0 saturated carbocycles. The summed E-state index contributed by atoms with van der Waals surface area (Å²) in [6.45, 7) is 0. The van der Waals surface area contributed by atoms with E-state index >= 15 is 0 Å². The van der Waals surface area contributed by atoms with E-state index in [0.717, 1.165) is 0 Å². The molecule has 114 valence electrons. The number of carboxylic acid groups (broad SMARTS) is 1. The van der Waals surface area contributed by atoms with Crippen LogP contribution in [0.1, 0.15) is 15.9 Å². The largest absolute Gasteiger partial charge is 0.478 e. The van der Waals surface area contributed by atoms with Gasteiger partial charge in [-0.2, -0.15) is 5.26 Å². The quantitative estimate of drug-likeness (QED) is 0.663. The fourth-order valence-electron chi connectivity index (χ4n) is 1.77. The highest BCUT2D eigenvalue weighted by molar-refractivity contribution is 6.30. The molecule has 23 heavy (non-hydrogen) atoms. The molecule has 0 heterocycles. The minimum atomic E-state index is -1.04. The number of anilines is 1. The topological polar surface area (TPSA) is 90.2 Å². The number of nitriles is 1. The van der Waals surface area contributed by atoms with Crippen LogP contribution in [0.15, 0.2) is 54.1 Å². The average molecular weight is 327 g/mol. The molecule has 2 rings (SSSR count). The van der Waals surface area contributed by atoms with Crippen molar-refractivity contribution in [3.05, 3.63) is 70.3 Å². The number of aromatic carboxylic acids is 1. The van der Waals surface area contributed by atoms with Gasteiger partial charge in [-0.15, -0.1) is 0 Å². The van der Waals surface area contributed by atoms with Crippen LogP contribution in [0.4, 0.5) is 5.69 Å². The minimum absolute atomic E-state index is 0.0944. The summed E-state index contributed by atoms with van der Waals surface area (Å²) in [7, 11) is 0. The highest BCUT2D eigenvalue weighted by Gasteiger charge is 2.10. The molecule has 0 aliphatic heterocycles. The second-order valence-electron chi connectivity index (χ2n) is 4.56. The number of amides is 1. The molecule has 0 aromatic heterocycles. The number of benzene rings is 2. The molecule has 6 heteroatoms. The lowest BCUT2D eigenvalue weighted by Crippen LogP contribution is -2.13. The molecule has 0 atom stereocenters. The van der Waals surface area contributed by atoms with Gasteiger partial charge in [0.2, 0.25) is 0 Å². The summed E-state index contributed by atoms with van der Waals surface area (Å²) in [4.78, 5) is 22.9. The molecule has 2 N–H and O–H groups in total. The molecule has 0 aliphatic rings. The molecule has 0 bridgehead atoms. The van der Waals surface area contributed by atoms with Crippen molar-refractivity contribution in [3.8, 4) is 6.07 Å². The Labute approximate surface area is 137 Å². The van der Waals surface area contributed by atoms with Crippen LogP contribution in [-0.4, -0.2) is 17.0 Å².